The topological polar surface area (TPSA) is 40.6 Å². The maximum Gasteiger partial charge on any atom is 0.249 e. The summed E-state index contributed by atoms with van der Waals surface area (Å²) in [5.41, 5.74) is 1.97. The van der Waals surface area contributed by atoms with Crippen LogP contribution in [-0.4, -0.2) is 35.8 Å². The summed E-state index contributed by atoms with van der Waals surface area (Å²) in [6, 6.07) is 5.42. The van der Waals surface area contributed by atoms with E-state index < -0.39 is 0 Å². The Labute approximate surface area is 135 Å². The number of fused-ring (bicyclic) bond motifs is 1. The van der Waals surface area contributed by atoms with Crippen LogP contribution >= 0.6 is 11.6 Å². The molecule has 0 N–H and O–H groups in total. The molecule has 4 nitrogen and oxygen atoms in total. The first-order valence-electron chi connectivity index (χ1n) is 8.06. The lowest BCUT2D eigenvalue weighted by molar-refractivity contribution is -0.138. The molecule has 1 saturated heterocycles. The fraction of sp³-hybridized carbons (Fsp3) is 0.529. The highest BCUT2D eigenvalue weighted by Crippen LogP contribution is 2.37. The summed E-state index contributed by atoms with van der Waals surface area (Å²) in [6.07, 6.45) is 4.47. The summed E-state index contributed by atoms with van der Waals surface area (Å²) >= 11 is 6.23. The van der Waals surface area contributed by atoms with Gasteiger partial charge in [-0.05, 0) is 49.8 Å². The van der Waals surface area contributed by atoms with Crippen LogP contribution in [0.5, 0.6) is 0 Å². The highest BCUT2D eigenvalue weighted by Gasteiger charge is 2.43. The third-order valence-electron chi connectivity index (χ3n) is 4.98. The minimum atomic E-state index is -0.280. The van der Waals surface area contributed by atoms with Gasteiger partial charge in [-0.3, -0.25) is 9.59 Å². The molecule has 1 aliphatic carbocycles. The van der Waals surface area contributed by atoms with Crippen molar-refractivity contribution in [2.45, 2.75) is 38.1 Å². The van der Waals surface area contributed by atoms with Crippen LogP contribution < -0.4 is 4.90 Å². The van der Waals surface area contributed by atoms with E-state index in [9.17, 15) is 9.59 Å². The normalized spacial score (nSPS) is 23.8. The van der Waals surface area contributed by atoms with E-state index in [0.29, 0.717) is 6.54 Å². The first-order chi connectivity index (χ1) is 10.7. The second kappa shape index (κ2) is 5.27. The van der Waals surface area contributed by atoms with Crippen LogP contribution in [0.2, 0.25) is 5.02 Å². The molecule has 0 unspecified atom stereocenters. The molecule has 0 bridgehead atoms. The Morgan fingerprint density at radius 1 is 1.09 bits per heavy atom. The van der Waals surface area contributed by atoms with Crippen LogP contribution in [-0.2, 0) is 16.0 Å². The fourth-order valence-electron chi connectivity index (χ4n) is 3.65. The SMILES string of the molecule is O=C([C@H]1CCCN1C(=O)C1CC1)N1CCc2c(Cl)cccc21. The number of nitrogens with zero attached hydrogens (tertiary/aromatic N) is 2. The van der Waals surface area contributed by atoms with Crippen LogP contribution in [0, 0.1) is 5.92 Å². The summed E-state index contributed by atoms with van der Waals surface area (Å²) in [6.45, 7) is 1.39. The van der Waals surface area contributed by atoms with E-state index in [2.05, 4.69) is 0 Å². The number of likely N-dealkylation sites (tertiary alicyclic amines) is 1. The smallest absolute Gasteiger partial charge is 0.249 e. The molecule has 0 aromatic heterocycles. The van der Waals surface area contributed by atoms with Crippen molar-refractivity contribution >= 4 is 29.1 Å². The Kier molecular flexibility index (Phi) is 3.37. The molecule has 0 radical (unpaired) electrons. The summed E-state index contributed by atoms with van der Waals surface area (Å²) in [5, 5.41) is 0.727. The molecule has 3 aliphatic rings. The molecule has 1 aromatic rings. The molecule has 2 aliphatic heterocycles. The predicted molar refractivity (Wildman–Crippen MR) is 85.0 cm³/mol. The maximum absolute atomic E-state index is 13.0. The van der Waals surface area contributed by atoms with Gasteiger partial charge in [-0.2, -0.15) is 0 Å². The standard InChI is InChI=1S/C17H19ClN2O2/c18-13-3-1-4-14-12(13)8-10-20(14)17(22)15-5-2-9-19(15)16(21)11-6-7-11/h1,3-4,11,15H,2,5-10H2/t15-/m1/s1. The molecule has 2 fully saturated rings. The molecular formula is C17H19ClN2O2. The molecule has 1 atom stereocenters. The molecule has 1 saturated carbocycles. The van der Waals surface area contributed by atoms with Gasteiger partial charge in [0.1, 0.15) is 6.04 Å². The number of anilines is 1. The van der Waals surface area contributed by atoms with Gasteiger partial charge in [-0.25, -0.2) is 0 Å². The van der Waals surface area contributed by atoms with Gasteiger partial charge in [-0.1, -0.05) is 17.7 Å². The quantitative estimate of drug-likeness (QED) is 0.841. The fourth-order valence-corrected chi connectivity index (χ4v) is 3.92. The van der Waals surface area contributed by atoms with Crippen LogP contribution in [0.4, 0.5) is 5.69 Å². The molecule has 22 heavy (non-hydrogen) atoms. The van der Waals surface area contributed by atoms with Gasteiger partial charge in [0.05, 0.1) is 0 Å². The third kappa shape index (κ3) is 2.21. The zero-order chi connectivity index (χ0) is 15.3. The number of halogens is 1. The second-order valence-corrected chi connectivity index (χ2v) is 6.85. The summed E-state index contributed by atoms with van der Waals surface area (Å²) in [7, 11) is 0. The van der Waals surface area contributed by atoms with Crippen molar-refractivity contribution in [2.24, 2.45) is 5.92 Å². The van der Waals surface area contributed by atoms with Gasteiger partial charge in [0.2, 0.25) is 11.8 Å². The second-order valence-electron chi connectivity index (χ2n) is 6.44. The van der Waals surface area contributed by atoms with Crippen molar-refractivity contribution in [1.82, 2.24) is 4.90 Å². The first-order valence-corrected chi connectivity index (χ1v) is 8.44. The highest BCUT2D eigenvalue weighted by atomic mass is 35.5. The predicted octanol–water partition coefficient (Wildman–Crippen LogP) is 2.63. The van der Waals surface area contributed by atoms with Gasteiger partial charge in [0.15, 0.2) is 0 Å². The van der Waals surface area contributed by atoms with Crippen LogP contribution in [0.3, 0.4) is 0 Å². The Hall–Kier alpha value is -1.55. The summed E-state index contributed by atoms with van der Waals surface area (Å²) < 4.78 is 0. The lowest BCUT2D eigenvalue weighted by Gasteiger charge is -2.28. The van der Waals surface area contributed by atoms with E-state index in [1.807, 2.05) is 28.0 Å². The van der Waals surface area contributed by atoms with Gasteiger partial charge in [0, 0.05) is 29.7 Å². The van der Waals surface area contributed by atoms with Crippen molar-refractivity contribution < 1.29 is 9.59 Å². The van der Waals surface area contributed by atoms with Crippen molar-refractivity contribution in [3.8, 4) is 0 Å². The first kappa shape index (κ1) is 14.1. The Morgan fingerprint density at radius 3 is 2.68 bits per heavy atom. The van der Waals surface area contributed by atoms with Gasteiger partial charge < -0.3 is 9.80 Å². The zero-order valence-corrected chi connectivity index (χ0v) is 13.2. The number of rotatable bonds is 2. The molecule has 5 heteroatoms. The number of hydrogen-bond donors (Lipinski definition) is 0. The number of amides is 2. The van der Waals surface area contributed by atoms with Crippen LogP contribution in [0.15, 0.2) is 18.2 Å². The Bertz CT molecular complexity index is 642. The lowest BCUT2D eigenvalue weighted by Crippen LogP contribution is -2.48. The maximum atomic E-state index is 13.0. The number of carbonyl (C=O) groups excluding carboxylic acids is 2. The Morgan fingerprint density at radius 2 is 1.91 bits per heavy atom. The van der Waals surface area contributed by atoms with Crippen LogP contribution in [0.1, 0.15) is 31.2 Å². The average Bonchev–Trinajstić information content (AvgIpc) is 3.09. The largest absolute Gasteiger partial charge is 0.330 e. The van der Waals surface area contributed by atoms with E-state index in [4.69, 9.17) is 11.6 Å². The van der Waals surface area contributed by atoms with Crippen molar-refractivity contribution in [3.05, 3.63) is 28.8 Å². The highest BCUT2D eigenvalue weighted by molar-refractivity contribution is 6.32. The lowest BCUT2D eigenvalue weighted by atomic mass is 10.1. The molecule has 0 spiro atoms. The Balaban J connectivity index is 1.57. The van der Waals surface area contributed by atoms with E-state index in [0.717, 1.165) is 54.9 Å². The van der Waals surface area contributed by atoms with Gasteiger partial charge in [-0.15, -0.1) is 0 Å². The van der Waals surface area contributed by atoms with Crippen LogP contribution in [0.25, 0.3) is 0 Å². The monoisotopic (exact) mass is 318 g/mol. The number of carbonyl (C=O) groups is 2. The molecule has 4 rings (SSSR count). The minimum Gasteiger partial charge on any atom is -0.330 e. The van der Waals surface area contributed by atoms with Gasteiger partial charge in [0.25, 0.3) is 0 Å². The molecule has 116 valence electrons. The average molecular weight is 319 g/mol. The minimum absolute atomic E-state index is 0.0625. The third-order valence-corrected chi connectivity index (χ3v) is 5.34. The van der Waals surface area contributed by atoms with E-state index in [-0.39, 0.29) is 23.8 Å². The molecule has 2 amide bonds. The van der Waals surface area contributed by atoms with E-state index >= 15 is 0 Å². The zero-order valence-electron chi connectivity index (χ0n) is 12.4. The van der Waals surface area contributed by atoms with Crippen molar-refractivity contribution in [2.75, 3.05) is 18.0 Å². The van der Waals surface area contributed by atoms with E-state index in [1.54, 1.807) is 0 Å². The molecular weight excluding hydrogens is 300 g/mol. The summed E-state index contributed by atoms with van der Waals surface area (Å²) in [4.78, 5) is 29.0. The number of benzene rings is 1. The van der Waals surface area contributed by atoms with Gasteiger partial charge >= 0.3 is 0 Å². The van der Waals surface area contributed by atoms with Crippen molar-refractivity contribution in [3.63, 3.8) is 0 Å². The van der Waals surface area contributed by atoms with Crippen molar-refractivity contribution in [1.29, 1.82) is 0 Å². The number of hydrogen-bond acceptors (Lipinski definition) is 2. The van der Waals surface area contributed by atoms with E-state index in [1.165, 1.54) is 0 Å². The summed E-state index contributed by atoms with van der Waals surface area (Å²) in [5.74, 6) is 0.419. The molecule has 1 aromatic carbocycles. The molecule has 2 heterocycles.